The van der Waals surface area contributed by atoms with Crippen LogP contribution in [0.3, 0.4) is 0 Å². The fourth-order valence-electron chi connectivity index (χ4n) is 3.10. The van der Waals surface area contributed by atoms with Gasteiger partial charge in [0.25, 0.3) is 0 Å². The largest absolute Gasteiger partial charge is 0.457 e. The molecular weight excluding hydrogens is 300 g/mol. The Morgan fingerprint density at radius 2 is 1.96 bits per heavy atom. The van der Waals surface area contributed by atoms with Crippen LogP contribution in [0.2, 0.25) is 0 Å². The number of ether oxygens (including phenoxy) is 1. The SMILES string of the molecule is CCNC(=O)C1CCN(Cc2cccc(Oc3ccccc3)c2)C1. The van der Waals surface area contributed by atoms with E-state index in [-0.39, 0.29) is 11.8 Å². The van der Waals surface area contributed by atoms with Crippen molar-refractivity contribution in [3.05, 3.63) is 60.2 Å². The second kappa shape index (κ2) is 7.97. The van der Waals surface area contributed by atoms with Gasteiger partial charge in [-0.3, -0.25) is 9.69 Å². The van der Waals surface area contributed by atoms with Gasteiger partial charge < -0.3 is 10.1 Å². The van der Waals surface area contributed by atoms with Crippen LogP contribution in [0, 0.1) is 5.92 Å². The van der Waals surface area contributed by atoms with Gasteiger partial charge in [0.15, 0.2) is 0 Å². The summed E-state index contributed by atoms with van der Waals surface area (Å²) in [7, 11) is 0. The van der Waals surface area contributed by atoms with E-state index in [2.05, 4.69) is 22.3 Å². The van der Waals surface area contributed by atoms with E-state index < -0.39 is 0 Å². The average Bonchev–Trinajstić information content (AvgIpc) is 3.05. The average molecular weight is 324 g/mol. The molecule has 2 aromatic carbocycles. The Balaban J connectivity index is 1.58. The highest BCUT2D eigenvalue weighted by atomic mass is 16.5. The molecule has 4 nitrogen and oxygen atoms in total. The Morgan fingerprint density at radius 1 is 1.17 bits per heavy atom. The molecule has 0 bridgehead atoms. The van der Waals surface area contributed by atoms with Crippen molar-refractivity contribution in [1.82, 2.24) is 10.2 Å². The lowest BCUT2D eigenvalue weighted by Gasteiger charge is -2.16. The van der Waals surface area contributed by atoms with E-state index in [0.717, 1.165) is 37.6 Å². The zero-order valence-electron chi connectivity index (χ0n) is 14.1. The summed E-state index contributed by atoms with van der Waals surface area (Å²) in [6.45, 7) is 5.31. The standard InChI is InChI=1S/C20H24N2O2/c1-2-21-20(23)17-11-12-22(15-17)14-16-7-6-10-19(13-16)24-18-8-4-3-5-9-18/h3-10,13,17H,2,11-12,14-15H2,1H3,(H,21,23). The molecule has 1 aliphatic rings. The molecule has 1 unspecified atom stereocenters. The summed E-state index contributed by atoms with van der Waals surface area (Å²) in [6.07, 6.45) is 0.937. The maximum absolute atomic E-state index is 11.9. The fraction of sp³-hybridized carbons (Fsp3) is 0.350. The molecule has 3 rings (SSSR count). The topological polar surface area (TPSA) is 41.6 Å². The highest BCUT2D eigenvalue weighted by molar-refractivity contribution is 5.79. The Kier molecular flexibility index (Phi) is 5.49. The van der Waals surface area contributed by atoms with Crippen LogP contribution < -0.4 is 10.1 Å². The summed E-state index contributed by atoms with van der Waals surface area (Å²) in [4.78, 5) is 14.3. The number of hydrogen-bond acceptors (Lipinski definition) is 3. The smallest absolute Gasteiger partial charge is 0.224 e. The van der Waals surface area contributed by atoms with Crippen molar-refractivity contribution in [2.75, 3.05) is 19.6 Å². The Labute approximate surface area is 143 Å². The van der Waals surface area contributed by atoms with Gasteiger partial charge in [-0.25, -0.2) is 0 Å². The first-order valence-electron chi connectivity index (χ1n) is 8.56. The number of nitrogens with zero attached hydrogens (tertiary/aromatic N) is 1. The molecule has 1 aliphatic heterocycles. The number of rotatable bonds is 6. The minimum absolute atomic E-state index is 0.119. The van der Waals surface area contributed by atoms with Crippen LogP contribution in [0.25, 0.3) is 0 Å². The van der Waals surface area contributed by atoms with Gasteiger partial charge in [-0.15, -0.1) is 0 Å². The van der Waals surface area contributed by atoms with E-state index in [1.807, 2.05) is 49.4 Å². The number of carbonyl (C=O) groups is 1. The third kappa shape index (κ3) is 4.36. The van der Waals surface area contributed by atoms with Gasteiger partial charge in [0.1, 0.15) is 11.5 Å². The normalized spacial score (nSPS) is 17.6. The molecule has 0 saturated carbocycles. The summed E-state index contributed by atoms with van der Waals surface area (Å²) in [6, 6.07) is 18.0. The summed E-state index contributed by atoms with van der Waals surface area (Å²) < 4.78 is 5.89. The lowest BCUT2D eigenvalue weighted by molar-refractivity contribution is -0.124. The second-order valence-corrected chi connectivity index (χ2v) is 6.18. The first kappa shape index (κ1) is 16.5. The van der Waals surface area contributed by atoms with E-state index in [0.29, 0.717) is 6.54 Å². The van der Waals surface area contributed by atoms with E-state index >= 15 is 0 Å². The van der Waals surface area contributed by atoms with Crippen molar-refractivity contribution in [1.29, 1.82) is 0 Å². The minimum atomic E-state index is 0.119. The number of amides is 1. The van der Waals surface area contributed by atoms with Gasteiger partial charge in [-0.2, -0.15) is 0 Å². The third-order valence-electron chi connectivity index (χ3n) is 4.28. The maximum atomic E-state index is 11.9. The van der Waals surface area contributed by atoms with Gasteiger partial charge in [0.05, 0.1) is 5.92 Å². The van der Waals surface area contributed by atoms with E-state index in [9.17, 15) is 4.79 Å². The van der Waals surface area contributed by atoms with Crippen molar-refractivity contribution in [2.45, 2.75) is 19.9 Å². The molecule has 0 radical (unpaired) electrons. The van der Waals surface area contributed by atoms with E-state index in [1.165, 1.54) is 5.56 Å². The molecule has 0 aromatic heterocycles. The van der Waals surface area contributed by atoms with Gasteiger partial charge in [0.2, 0.25) is 5.91 Å². The van der Waals surface area contributed by atoms with Crippen LogP contribution in [-0.4, -0.2) is 30.4 Å². The fourth-order valence-corrected chi connectivity index (χ4v) is 3.10. The molecule has 1 N–H and O–H groups in total. The first-order chi connectivity index (χ1) is 11.7. The number of benzene rings is 2. The van der Waals surface area contributed by atoms with Gasteiger partial charge in [-0.1, -0.05) is 30.3 Å². The van der Waals surface area contributed by atoms with Gasteiger partial charge in [0, 0.05) is 19.6 Å². The Morgan fingerprint density at radius 3 is 2.75 bits per heavy atom. The van der Waals surface area contributed by atoms with Crippen LogP contribution in [0.1, 0.15) is 18.9 Å². The van der Waals surface area contributed by atoms with Crippen LogP contribution >= 0.6 is 0 Å². The van der Waals surface area contributed by atoms with Gasteiger partial charge >= 0.3 is 0 Å². The van der Waals surface area contributed by atoms with Crippen LogP contribution in [0.5, 0.6) is 11.5 Å². The predicted molar refractivity (Wildman–Crippen MR) is 95.0 cm³/mol. The zero-order valence-corrected chi connectivity index (χ0v) is 14.1. The molecule has 4 heteroatoms. The number of nitrogens with one attached hydrogen (secondary N) is 1. The maximum Gasteiger partial charge on any atom is 0.224 e. The molecule has 126 valence electrons. The highest BCUT2D eigenvalue weighted by Gasteiger charge is 2.27. The zero-order chi connectivity index (χ0) is 16.8. The summed E-state index contributed by atoms with van der Waals surface area (Å²) >= 11 is 0. The minimum Gasteiger partial charge on any atom is -0.457 e. The molecule has 1 atom stereocenters. The second-order valence-electron chi connectivity index (χ2n) is 6.18. The van der Waals surface area contributed by atoms with E-state index in [1.54, 1.807) is 0 Å². The summed E-state index contributed by atoms with van der Waals surface area (Å²) in [5.41, 5.74) is 1.21. The molecule has 2 aromatic rings. The summed E-state index contributed by atoms with van der Waals surface area (Å²) in [5, 5.41) is 2.92. The molecule has 0 aliphatic carbocycles. The lowest BCUT2D eigenvalue weighted by atomic mass is 10.1. The Hall–Kier alpha value is -2.33. The van der Waals surface area contributed by atoms with Crippen LogP contribution in [-0.2, 0) is 11.3 Å². The molecule has 1 heterocycles. The van der Waals surface area contributed by atoms with Crippen molar-refractivity contribution < 1.29 is 9.53 Å². The van der Waals surface area contributed by atoms with Crippen molar-refractivity contribution in [3.63, 3.8) is 0 Å². The summed E-state index contributed by atoms with van der Waals surface area (Å²) in [5.74, 6) is 1.99. The molecule has 0 spiro atoms. The molecule has 24 heavy (non-hydrogen) atoms. The van der Waals surface area contributed by atoms with Crippen molar-refractivity contribution >= 4 is 5.91 Å². The quantitative estimate of drug-likeness (QED) is 0.885. The molecular formula is C20H24N2O2. The number of carbonyl (C=O) groups excluding carboxylic acids is 1. The van der Waals surface area contributed by atoms with Crippen molar-refractivity contribution in [2.24, 2.45) is 5.92 Å². The highest BCUT2D eigenvalue weighted by Crippen LogP contribution is 2.24. The monoisotopic (exact) mass is 324 g/mol. The first-order valence-corrected chi connectivity index (χ1v) is 8.56. The third-order valence-corrected chi connectivity index (χ3v) is 4.28. The van der Waals surface area contributed by atoms with Crippen molar-refractivity contribution in [3.8, 4) is 11.5 Å². The van der Waals surface area contributed by atoms with Crippen LogP contribution in [0.4, 0.5) is 0 Å². The van der Waals surface area contributed by atoms with Crippen LogP contribution in [0.15, 0.2) is 54.6 Å². The number of para-hydroxylation sites is 1. The number of likely N-dealkylation sites (tertiary alicyclic amines) is 1. The predicted octanol–water partition coefficient (Wildman–Crippen LogP) is 3.44. The van der Waals surface area contributed by atoms with E-state index in [4.69, 9.17) is 4.74 Å². The van der Waals surface area contributed by atoms with Gasteiger partial charge in [-0.05, 0) is 49.7 Å². The Bertz CT molecular complexity index is 672. The number of hydrogen-bond donors (Lipinski definition) is 1. The lowest BCUT2D eigenvalue weighted by Crippen LogP contribution is -2.32. The molecule has 1 saturated heterocycles. The molecule has 1 fully saturated rings. The molecule has 1 amide bonds.